The summed E-state index contributed by atoms with van der Waals surface area (Å²) in [7, 11) is 0. The normalized spacial score (nSPS) is 17.3. The number of hydrogen-bond acceptors (Lipinski definition) is 5. The molecular formula is C28H27N3O4. The third-order valence-electron chi connectivity index (χ3n) is 6.21. The fourth-order valence-electron chi connectivity index (χ4n) is 4.75. The van der Waals surface area contributed by atoms with Crippen LogP contribution in [-0.4, -0.2) is 34.6 Å². The highest BCUT2D eigenvalue weighted by atomic mass is 16.5. The van der Waals surface area contributed by atoms with Crippen molar-refractivity contribution in [2.45, 2.75) is 26.4 Å². The van der Waals surface area contributed by atoms with Gasteiger partial charge in [-0.25, -0.2) is 4.98 Å². The minimum Gasteiger partial charge on any atom is -0.494 e. The maximum Gasteiger partial charge on any atom is 0.321 e. The minimum atomic E-state index is -1.09. The van der Waals surface area contributed by atoms with E-state index in [1.165, 1.54) is 0 Å². The predicted molar refractivity (Wildman–Crippen MR) is 133 cm³/mol. The second kappa shape index (κ2) is 9.62. The Morgan fingerprint density at radius 2 is 1.63 bits per heavy atom. The average Bonchev–Trinajstić information content (AvgIpc) is 3.26. The van der Waals surface area contributed by atoms with Crippen molar-refractivity contribution in [2.75, 3.05) is 18.1 Å². The first-order valence-electron chi connectivity index (χ1n) is 11.8. The van der Waals surface area contributed by atoms with E-state index in [1.54, 1.807) is 11.8 Å². The first-order chi connectivity index (χ1) is 17.1. The van der Waals surface area contributed by atoms with Gasteiger partial charge >= 0.3 is 5.97 Å². The van der Waals surface area contributed by atoms with Gasteiger partial charge in [-0.1, -0.05) is 60.7 Å². The average molecular weight is 470 g/mol. The number of para-hydroxylation sites is 3. The molecule has 1 aliphatic heterocycles. The standard InChI is InChI=1S/C28H27N3O4/c1-3-34-23-17-11-8-14-20(23)25-24(27(33)35-4-2)26(32)30(18-19-12-6-5-7-13-19)28-29-21-15-9-10-16-22(21)31(25)28/h5-17,24-25H,3-4,18H2,1-2H3/t24-,25+/m1/s1. The van der Waals surface area contributed by atoms with Crippen LogP contribution in [0.5, 0.6) is 5.75 Å². The largest absolute Gasteiger partial charge is 0.494 e. The quantitative estimate of drug-likeness (QED) is 0.288. The second-order valence-corrected chi connectivity index (χ2v) is 8.33. The fourth-order valence-corrected chi connectivity index (χ4v) is 4.75. The van der Waals surface area contributed by atoms with Crippen LogP contribution in [0.15, 0.2) is 78.9 Å². The van der Waals surface area contributed by atoms with Gasteiger partial charge in [-0.05, 0) is 37.6 Å². The lowest BCUT2D eigenvalue weighted by molar-refractivity contribution is -0.153. The zero-order chi connectivity index (χ0) is 24.4. The van der Waals surface area contributed by atoms with Gasteiger partial charge in [0, 0.05) is 5.56 Å². The molecule has 0 N–H and O–H groups in total. The Kier molecular flexibility index (Phi) is 6.23. The summed E-state index contributed by atoms with van der Waals surface area (Å²) in [6.45, 7) is 4.58. The van der Waals surface area contributed by atoms with E-state index in [0.717, 1.165) is 22.2 Å². The molecule has 3 aromatic carbocycles. The molecule has 4 aromatic rings. The Labute approximate surface area is 203 Å². The monoisotopic (exact) mass is 469 g/mol. The van der Waals surface area contributed by atoms with Crippen LogP contribution in [-0.2, 0) is 20.9 Å². The third-order valence-corrected chi connectivity index (χ3v) is 6.21. The van der Waals surface area contributed by atoms with Crippen molar-refractivity contribution >= 4 is 28.9 Å². The Morgan fingerprint density at radius 3 is 2.40 bits per heavy atom. The highest BCUT2D eigenvalue weighted by Gasteiger charge is 2.48. The number of nitrogens with zero attached hydrogens (tertiary/aromatic N) is 3. The van der Waals surface area contributed by atoms with Gasteiger partial charge in [0.25, 0.3) is 0 Å². The molecule has 35 heavy (non-hydrogen) atoms. The molecule has 0 fully saturated rings. The van der Waals surface area contributed by atoms with Crippen LogP contribution in [0.1, 0.15) is 31.0 Å². The zero-order valence-electron chi connectivity index (χ0n) is 19.8. The molecule has 1 aromatic heterocycles. The molecule has 1 amide bonds. The van der Waals surface area contributed by atoms with Crippen LogP contribution < -0.4 is 9.64 Å². The smallest absolute Gasteiger partial charge is 0.321 e. The number of hydrogen-bond donors (Lipinski definition) is 0. The lowest BCUT2D eigenvalue weighted by atomic mass is 9.88. The van der Waals surface area contributed by atoms with E-state index in [-0.39, 0.29) is 12.5 Å². The lowest BCUT2D eigenvalue weighted by Crippen LogP contribution is -2.49. The van der Waals surface area contributed by atoms with Gasteiger partial charge in [-0.3, -0.25) is 14.5 Å². The number of aromatic nitrogens is 2. The van der Waals surface area contributed by atoms with Crippen LogP contribution >= 0.6 is 0 Å². The number of rotatable bonds is 7. The van der Waals surface area contributed by atoms with Gasteiger partial charge in [0.2, 0.25) is 11.9 Å². The van der Waals surface area contributed by atoms with Gasteiger partial charge in [-0.2, -0.15) is 0 Å². The zero-order valence-corrected chi connectivity index (χ0v) is 19.8. The van der Waals surface area contributed by atoms with Crippen LogP contribution in [0, 0.1) is 5.92 Å². The molecule has 0 unspecified atom stereocenters. The first-order valence-corrected chi connectivity index (χ1v) is 11.8. The van der Waals surface area contributed by atoms with Crippen molar-refractivity contribution in [3.8, 4) is 5.75 Å². The number of carbonyl (C=O) groups excluding carboxylic acids is 2. The van der Waals surface area contributed by atoms with Crippen molar-refractivity contribution in [2.24, 2.45) is 5.92 Å². The number of carbonyl (C=O) groups is 2. The molecule has 7 nitrogen and oxygen atoms in total. The molecule has 2 atom stereocenters. The van der Waals surface area contributed by atoms with Crippen molar-refractivity contribution in [1.29, 1.82) is 0 Å². The van der Waals surface area contributed by atoms with Crippen molar-refractivity contribution < 1.29 is 19.1 Å². The maximum absolute atomic E-state index is 14.1. The van der Waals surface area contributed by atoms with E-state index < -0.39 is 17.9 Å². The van der Waals surface area contributed by atoms with E-state index in [1.807, 2.05) is 90.4 Å². The molecular weight excluding hydrogens is 442 g/mol. The fraction of sp³-hybridized carbons (Fsp3) is 0.250. The Hall–Kier alpha value is -4.13. The number of benzene rings is 3. The van der Waals surface area contributed by atoms with Gasteiger partial charge in [0.05, 0.1) is 36.8 Å². The number of esters is 1. The number of imidazole rings is 1. The van der Waals surface area contributed by atoms with Crippen molar-refractivity contribution in [3.05, 3.63) is 90.0 Å². The van der Waals surface area contributed by atoms with Gasteiger partial charge in [-0.15, -0.1) is 0 Å². The number of anilines is 1. The summed E-state index contributed by atoms with van der Waals surface area (Å²) < 4.78 is 13.4. The summed E-state index contributed by atoms with van der Waals surface area (Å²) in [5.41, 5.74) is 3.26. The summed E-state index contributed by atoms with van der Waals surface area (Å²) in [4.78, 5) is 33.9. The molecule has 1 aliphatic rings. The predicted octanol–water partition coefficient (Wildman–Crippen LogP) is 4.75. The topological polar surface area (TPSA) is 73.7 Å². The van der Waals surface area contributed by atoms with E-state index in [2.05, 4.69) is 0 Å². The molecule has 0 saturated heterocycles. The lowest BCUT2D eigenvalue weighted by Gasteiger charge is -2.38. The van der Waals surface area contributed by atoms with Gasteiger partial charge < -0.3 is 14.0 Å². The van der Waals surface area contributed by atoms with Crippen LogP contribution in [0.3, 0.4) is 0 Å². The van der Waals surface area contributed by atoms with E-state index in [9.17, 15) is 9.59 Å². The Balaban J connectivity index is 1.77. The van der Waals surface area contributed by atoms with Crippen LogP contribution in [0.4, 0.5) is 5.95 Å². The van der Waals surface area contributed by atoms with Crippen LogP contribution in [0.25, 0.3) is 11.0 Å². The molecule has 0 aliphatic carbocycles. The van der Waals surface area contributed by atoms with Gasteiger partial charge in [0.15, 0.2) is 5.92 Å². The Bertz CT molecular complexity index is 1370. The van der Waals surface area contributed by atoms with Crippen molar-refractivity contribution in [1.82, 2.24) is 9.55 Å². The third kappa shape index (κ3) is 4.03. The first kappa shape index (κ1) is 22.7. The van der Waals surface area contributed by atoms with E-state index >= 15 is 0 Å². The molecule has 0 bridgehead atoms. The van der Waals surface area contributed by atoms with E-state index in [4.69, 9.17) is 14.5 Å². The molecule has 178 valence electrons. The minimum absolute atomic E-state index is 0.179. The SMILES string of the molecule is CCOC(=O)[C@H]1C(=O)N(Cc2ccccc2)c2nc3ccccc3n2[C@H]1c1ccccc1OCC. The van der Waals surface area contributed by atoms with Gasteiger partial charge in [0.1, 0.15) is 5.75 Å². The molecule has 0 radical (unpaired) electrons. The molecule has 7 heteroatoms. The van der Waals surface area contributed by atoms with Crippen LogP contribution in [0.2, 0.25) is 0 Å². The summed E-state index contributed by atoms with van der Waals surface area (Å²) in [5, 5.41) is 0. The summed E-state index contributed by atoms with van der Waals surface area (Å²) in [5.74, 6) is -0.869. The Morgan fingerprint density at radius 1 is 0.914 bits per heavy atom. The molecule has 0 spiro atoms. The number of ether oxygens (including phenoxy) is 2. The number of amides is 1. The molecule has 0 saturated carbocycles. The summed E-state index contributed by atoms with van der Waals surface area (Å²) >= 11 is 0. The van der Waals surface area contributed by atoms with Crippen molar-refractivity contribution in [3.63, 3.8) is 0 Å². The highest BCUT2D eigenvalue weighted by molar-refractivity contribution is 6.08. The highest BCUT2D eigenvalue weighted by Crippen LogP contribution is 2.44. The van der Waals surface area contributed by atoms with E-state index in [0.29, 0.717) is 24.8 Å². The number of fused-ring (bicyclic) bond motifs is 3. The second-order valence-electron chi connectivity index (χ2n) is 8.33. The molecule has 2 heterocycles. The summed E-state index contributed by atoms with van der Waals surface area (Å²) in [6.07, 6.45) is 0. The maximum atomic E-state index is 14.1. The molecule has 5 rings (SSSR count). The summed E-state index contributed by atoms with van der Waals surface area (Å²) in [6, 6.07) is 24.3.